The van der Waals surface area contributed by atoms with E-state index in [2.05, 4.69) is 5.10 Å². The summed E-state index contributed by atoms with van der Waals surface area (Å²) in [6.45, 7) is 4.81. The van der Waals surface area contributed by atoms with E-state index in [4.69, 9.17) is 11.6 Å². The minimum atomic E-state index is -4.66. The van der Waals surface area contributed by atoms with Crippen molar-refractivity contribution < 1.29 is 18.0 Å². The zero-order chi connectivity index (χ0) is 13.6. The lowest BCUT2D eigenvalue weighted by molar-refractivity contribution is -0.141. The van der Waals surface area contributed by atoms with Crippen LogP contribution in [0.2, 0.25) is 5.02 Å². The van der Waals surface area contributed by atoms with Gasteiger partial charge in [0.2, 0.25) is 0 Å². The van der Waals surface area contributed by atoms with E-state index in [0.717, 1.165) is 4.68 Å². The number of aryl methyl sites for hydroxylation is 1. The molecule has 0 atom stereocenters. The SMILES string of the molecule is Cn1nc(C(F)(F)F)c(Cl)c1C(=O)C(C)(C)C. The fourth-order valence-corrected chi connectivity index (χ4v) is 1.63. The van der Waals surface area contributed by atoms with Gasteiger partial charge in [-0.1, -0.05) is 32.4 Å². The third-order valence-corrected chi connectivity index (χ3v) is 2.51. The van der Waals surface area contributed by atoms with Crippen LogP contribution in [0.5, 0.6) is 0 Å². The predicted octanol–water partition coefficient (Wildman–Crippen LogP) is 3.32. The molecule has 0 fully saturated rings. The van der Waals surface area contributed by atoms with Crippen molar-refractivity contribution in [1.82, 2.24) is 9.78 Å². The summed E-state index contributed by atoms with van der Waals surface area (Å²) in [7, 11) is 1.26. The van der Waals surface area contributed by atoms with Crippen molar-refractivity contribution in [2.75, 3.05) is 0 Å². The molecule has 0 amide bonds. The van der Waals surface area contributed by atoms with Crippen LogP contribution in [-0.2, 0) is 13.2 Å². The van der Waals surface area contributed by atoms with Gasteiger partial charge in [0.05, 0.1) is 0 Å². The Bertz CT molecular complexity index is 457. The molecule has 7 heteroatoms. The first-order chi connectivity index (χ1) is 7.46. The fraction of sp³-hybridized carbons (Fsp3) is 0.600. The van der Waals surface area contributed by atoms with Crippen molar-refractivity contribution in [3.8, 4) is 0 Å². The molecular weight excluding hydrogens is 257 g/mol. The van der Waals surface area contributed by atoms with Crippen LogP contribution in [0.1, 0.15) is 37.0 Å². The molecule has 0 spiro atoms. The Kier molecular flexibility index (Phi) is 3.31. The molecule has 0 radical (unpaired) electrons. The van der Waals surface area contributed by atoms with Crippen LogP contribution in [0.3, 0.4) is 0 Å². The molecule has 0 N–H and O–H groups in total. The number of hydrogen-bond donors (Lipinski definition) is 0. The third kappa shape index (κ3) is 2.62. The highest BCUT2D eigenvalue weighted by Gasteiger charge is 2.41. The third-order valence-electron chi connectivity index (χ3n) is 2.15. The number of ketones is 1. The number of nitrogens with zero attached hydrogens (tertiary/aromatic N) is 2. The molecule has 1 aromatic heterocycles. The standard InChI is InChI=1S/C10H12ClF3N2O/c1-9(2,3)8(17)6-5(11)7(10(12,13)14)15-16(6)4/h1-4H3. The summed E-state index contributed by atoms with van der Waals surface area (Å²) in [4.78, 5) is 11.9. The van der Waals surface area contributed by atoms with E-state index in [9.17, 15) is 18.0 Å². The minimum absolute atomic E-state index is 0.216. The molecular formula is C10H12ClF3N2O. The lowest BCUT2D eigenvalue weighted by atomic mass is 9.89. The summed E-state index contributed by atoms with van der Waals surface area (Å²) >= 11 is 5.59. The average Bonchev–Trinajstić information content (AvgIpc) is 2.38. The average molecular weight is 269 g/mol. The summed E-state index contributed by atoms with van der Waals surface area (Å²) in [5, 5.41) is 2.62. The van der Waals surface area contributed by atoms with Gasteiger partial charge in [-0.15, -0.1) is 0 Å². The number of Topliss-reactive ketones (excluding diaryl/α,β-unsaturated/α-hetero) is 1. The normalized spacial score (nSPS) is 12.9. The number of carbonyl (C=O) groups is 1. The molecule has 0 aromatic carbocycles. The number of rotatable bonds is 1. The molecule has 1 rings (SSSR count). The summed E-state index contributed by atoms with van der Waals surface area (Å²) in [6.07, 6.45) is -4.66. The summed E-state index contributed by atoms with van der Waals surface area (Å²) in [5.74, 6) is -0.479. The van der Waals surface area contributed by atoms with Gasteiger partial charge in [-0.3, -0.25) is 9.48 Å². The Morgan fingerprint density at radius 3 is 2.06 bits per heavy atom. The van der Waals surface area contributed by atoms with Gasteiger partial charge in [0.25, 0.3) is 0 Å². The predicted molar refractivity (Wildman–Crippen MR) is 57.0 cm³/mol. The molecule has 0 aliphatic heterocycles. The molecule has 0 saturated heterocycles. The second-order valence-corrected chi connectivity index (χ2v) is 5.09. The van der Waals surface area contributed by atoms with Crippen LogP contribution in [0.4, 0.5) is 13.2 Å². The lowest BCUT2D eigenvalue weighted by Gasteiger charge is -2.16. The highest BCUT2D eigenvalue weighted by Crippen LogP contribution is 2.37. The van der Waals surface area contributed by atoms with Gasteiger partial charge in [-0.2, -0.15) is 18.3 Å². The number of carbonyl (C=O) groups excluding carboxylic acids is 1. The molecule has 17 heavy (non-hydrogen) atoms. The maximum Gasteiger partial charge on any atom is 0.436 e. The molecule has 0 aliphatic carbocycles. The first kappa shape index (κ1) is 14.0. The van der Waals surface area contributed by atoms with Gasteiger partial charge in [0.1, 0.15) is 10.7 Å². The molecule has 0 saturated carbocycles. The Morgan fingerprint density at radius 2 is 1.76 bits per heavy atom. The van der Waals surface area contributed by atoms with Crippen LogP contribution in [0, 0.1) is 5.41 Å². The molecule has 3 nitrogen and oxygen atoms in total. The second-order valence-electron chi connectivity index (χ2n) is 4.71. The van der Waals surface area contributed by atoms with E-state index in [0.29, 0.717) is 0 Å². The number of hydrogen-bond acceptors (Lipinski definition) is 2. The molecule has 0 aliphatic rings. The van der Waals surface area contributed by atoms with Gasteiger partial charge < -0.3 is 0 Å². The van der Waals surface area contributed by atoms with Gasteiger partial charge in [-0.05, 0) is 0 Å². The largest absolute Gasteiger partial charge is 0.436 e. The first-order valence-corrected chi connectivity index (χ1v) is 5.18. The zero-order valence-corrected chi connectivity index (χ0v) is 10.6. The molecule has 1 aromatic rings. The highest BCUT2D eigenvalue weighted by atomic mass is 35.5. The number of alkyl halides is 3. The van der Waals surface area contributed by atoms with E-state index in [-0.39, 0.29) is 5.69 Å². The molecule has 1 heterocycles. The van der Waals surface area contributed by atoms with Crippen LogP contribution >= 0.6 is 11.6 Å². The second kappa shape index (κ2) is 4.01. The maximum absolute atomic E-state index is 12.5. The summed E-state index contributed by atoms with van der Waals surface area (Å²) in [5.41, 5.74) is -2.26. The van der Waals surface area contributed by atoms with E-state index >= 15 is 0 Å². The first-order valence-electron chi connectivity index (χ1n) is 4.80. The monoisotopic (exact) mass is 268 g/mol. The summed E-state index contributed by atoms with van der Waals surface area (Å²) in [6, 6.07) is 0. The topological polar surface area (TPSA) is 34.9 Å². The van der Waals surface area contributed by atoms with E-state index in [1.807, 2.05) is 0 Å². The van der Waals surface area contributed by atoms with Gasteiger partial charge in [0, 0.05) is 12.5 Å². The van der Waals surface area contributed by atoms with Crippen molar-refractivity contribution >= 4 is 17.4 Å². The van der Waals surface area contributed by atoms with E-state index < -0.39 is 28.1 Å². The van der Waals surface area contributed by atoms with Crippen molar-refractivity contribution in [3.63, 3.8) is 0 Å². The number of aromatic nitrogens is 2. The Balaban J connectivity index is 3.39. The number of halogens is 4. The van der Waals surface area contributed by atoms with Crippen LogP contribution < -0.4 is 0 Å². The Hall–Kier alpha value is -1.04. The van der Waals surface area contributed by atoms with Crippen molar-refractivity contribution in [2.45, 2.75) is 26.9 Å². The molecule has 0 bridgehead atoms. The van der Waals surface area contributed by atoms with Crippen molar-refractivity contribution in [1.29, 1.82) is 0 Å². The van der Waals surface area contributed by atoms with Gasteiger partial charge >= 0.3 is 6.18 Å². The minimum Gasteiger partial charge on any atom is -0.292 e. The molecule has 0 unspecified atom stereocenters. The Morgan fingerprint density at radius 1 is 1.29 bits per heavy atom. The molecule has 96 valence electrons. The highest BCUT2D eigenvalue weighted by molar-refractivity contribution is 6.34. The van der Waals surface area contributed by atoms with E-state index in [1.165, 1.54) is 7.05 Å². The Labute approximate surface area is 102 Å². The fourth-order valence-electron chi connectivity index (χ4n) is 1.28. The van der Waals surface area contributed by atoms with Crippen LogP contribution in [0.15, 0.2) is 0 Å². The zero-order valence-electron chi connectivity index (χ0n) is 9.81. The van der Waals surface area contributed by atoms with Crippen LogP contribution in [0.25, 0.3) is 0 Å². The van der Waals surface area contributed by atoms with Gasteiger partial charge in [-0.25, -0.2) is 0 Å². The smallest absolute Gasteiger partial charge is 0.292 e. The van der Waals surface area contributed by atoms with Gasteiger partial charge in [0.15, 0.2) is 11.5 Å². The summed E-state index contributed by atoms with van der Waals surface area (Å²) < 4.78 is 38.5. The van der Waals surface area contributed by atoms with E-state index in [1.54, 1.807) is 20.8 Å². The van der Waals surface area contributed by atoms with Crippen molar-refractivity contribution in [2.24, 2.45) is 12.5 Å². The maximum atomic E-state index is 12.5. The van der Waals surface area contributed by atoms with Crippen molar-refractivity contribution in [3.05, 3.63) is 16.4 Å². The quantitative estimate of drug-likeness (QED) is 0.733. The lowest BCUT2D eigenvalue weighted by Crippen LogP contribution is -2.23. The van der Waals surface area contributed by atoms with Crippen LogP contribution in [-0.4, -0.2) is 15.6 Å².